The van der Waals surface area contributed by atoms with Crippen LogP contribution in [0.5, 0.6) is 11.5 Å². The minimum absolute atomic E-state index is 0.00267. The predicted octanol–water partition coefficient (Wildman–Crippen LogP) is 5.16. The molecule has 0 amide bonds. The number of methoxy groups -OCH3 is 2. The molecule has 1 aromatic carbocycles. The molecule has 9 nitrogen and oxygen atoms in total. The lowest BCUT2D eigenvalue weighted by atomic mass is 9.97. The van der Waals surface area contributed by atoms with Gasteiger partial charge in [-0.25, -0.2) is 15.0 Å². The van der Waals surface area contributed by atoms with Crippen LogP contribution in [-0.4, -0.2) is 60.3 Å². The highest BCUT2D eigenvalue weighted by atomic mass is 35.5. The third-order valence-electron chi connectivity index (χ3n) is 6.52. The van der Waals surface area contributed by atoms with E-state index in [-0.39, 0.29) is 27.8 Å². The molecule has 194 valence electrons. The summed E-state index contributed by atoms with van der Waals surface area (Å²) in [6.07, 6.45) is 5.53. The third-order valence-corrected chi connectivity index (χ3v) is 7.27. The van der Waals surface area contributed by atoms with Gasteiger partial charge in [0.25, 0.3) is 0 Å². The quantitative estimate of drug-likeness (QED) is 0.335. The number of allylic oxidation sites excluding steroid dienone is 1. The summed E-state index contributed by atoms with van der Waals surface area (Å²) in [6, 6.07) is 3.82. The number of nitrogens with one attached hydrogen (secondary N) is 2. The van der Waals surface area contributed by atoms with Crippen molar-refractivity contribution >= 4 is 51.5 Å². The lowest BCUT2D eigenvalue weighted by Crippen LogP contribution is -2.29. The van der Waals surface area contributed by atoms with E-state index in [9.17, 15) is 4.79 Å². The first-order chi connectivity index (χ1) is 17.9. The van der Waals surface area contributed by atoms with Gasteiger partial charge in [-0.2, -0.15) is 0 Å². The van der Waals surface area contributed by atoms with E-state index in [4.69, 9.17) is 47.4 Å². The monoisotopic (exact) mass is 543 g/mol. The Balaban J connectivity index is 1.54. The minimum Gasteiger partial charge on any atom is -0.495 e. The maximum atomic E-state index is 11.9. The number of aromatic nitrogens is 3. The smallest absolute Gasteiger partial charge is 0.165 e. The SMILES string of the molecule is C=CC(=O)C[C@H]1COC[C@H]1Nc1cc2c(NC3CC3)nc(-c3c(Cl)c(OC)cc(OC)c3Cl)nc2cn1. The van der Waals surface area contributed by atoms with Crippen LogP contribution in [0, 0.1) is 5.92 Å². The second-order valence-electron chi connectivity index (χ2n) is 9.11. The van der Waals surface area contributed by atoms with Crippen LogP contribution in [0.3, 0.4) is 0 Å². The van der Waals surface area contributed by atoms with Crippen molar-refractivity contribution in [3.63, 3.8) is 0 Å². The summed E-state index contributed by atoms with van der Waals surface area (Å²) < 4.78 is 16.5. The fraction of sp³-hybridized carbons (Fsp3) is 0.385. The Morgan fingerprint density at radius 2 is 1.86 bits per heavy atom. The topological polar surface area (TPSA) is 107 Å². The molecule has 1 aliphatic heterocycles. The number of fused-ring (bicyclic) bond motifs is 1. The van der Waals surface area contributed by atoms with E-state index in [2.05, 4.69) is 22.2 Å². The van der Waals surface area contributed by atoms with E-state index in [1.807, 2.05) is 6.07 Å². The zero-order chi connectivity index (χ0) is 26.1. The van der Waals surface area contributed by atoms with E-state index in [1.54, 1.807) is 12.3 Å². The standard InChI is InChI=1S/C26H27Cl2N5O4/c1-4-15(34)7-13-11-37-12-18(13)31-21-8-16-17(10-29-21)32-26(33-25(16)30-14-5-6-14)22-23(27)19(35-2)9-20(36-3)24(22)28/h4,8-10,13-14,18H,1,5-7,11-12H2,2-3H3,(H,29,31)(H,30,32,33)/t13-,18+/m0/s1. The van der Waals surface area contributed by atoms with E-state index >= 15 is 0 Å². The zero-order valence-corrected chi connectivity index (χ0v) is 22.0. The van der Waals surface area contributed by atoms with E-state index in [1.165, 1.54) is 20.3 Å². The summed E-state index contributed by atoms with van der Waals surface area (Å²) in [5.74, 6) is 2.47. The molecule has 37 heavy (non-hydrogen) atoms. The van der Waals surface area contributed by atoms with Gasteiger partial charge in [-0.05, 0) is 25.0 Å². The third kappa shape index (κ3) is 5.30. The Bertz CT molecular complexity index is 1340. The Hall–Kier alpha value is -3.14. The molecule has 0 radical (unpaired) electrons. The first-order valence-electron chi connectivity index (χ1n) is 12.0. The molecular weight excluding hydrogens is 517 g/mol. The highest BCUT2D eigenvalue weighted by molar-refractivity contribution is 6.41. The van der Waals surface area contributed by atoms with E-state index < -0.39 is 0 Å². The summed E-state index contributed by atoms with van der Waals surface area (Å²) in [5.41, 5.74) is 1.04. The summed E-state index contributed by atoms with van der Waals surface area (Å²) in [4.78, 5) is 26.0. The lowest BCUT2D eigenvalue weighted by molar-refractivity contribution is -0.115. The molecular formula is C26H27Cl2N5O4. The molecule has 2 N–H and O–H groups in total. The van der Waals surface area contributed by atoms with Crippen LogP contribution < -0.4 is 20.1 Å². The van der Waals surface area contributed by atoms with Crippen LogP contribution in [0.1, 0.15) is 19.3 Å². The van der Waals surface area contributed by atoms with E-state index in [0.717, 1.165) is 18.2 Å². The number of pyridine rings is 1. The van der Waals surface area contributed by atoms with Crippen molar-refractivity contribution in [2.75, 3.05) is 38.1 Å². The molecule has 0 unspecified atom stereocenters. The zero-order valence-electron chi connectivity index (χ0n) is 20.5. The van der Waals surface area contributed by atoms with Gasteiger partial charge in [-0.1, -0.05) is 29.8 Å². The van der Waals surface area contributed by atoms with Crippen molar-refractivity contribution in [2.45, 2.75) is 31.3 Å². The number of carbonyl (C=O) groups excluding carboxylic acids is 1. The van der Waals surface area contributed by atoms with Crippen LogP contribution in [-0.2, 0) is 9.53 Å². The minimum atomic E-state index is -0.0456. The number of carbonyl (C=O) groups is 1. The summed E-state index contributed by atoms with van der Waals surface area (Å²) in [6.45, 7) is 4.57. The predicted molar refractivity (Wildman–Crippen MR) is 144 cm³/mol. The first kappa shape index (κ1) is 25.5. The first-order valence-corrected chi connectivity index (χ1v) is 12.7. The van der Waals surface area contributed by atoms with Crippen molar-refractivity contribution in [3.05, 3.63) is 41.0 Å². The molecule has 2 aliphatic rings. The van der Waals surface area contributed by atoms with Gasteiger partial charge in [0.15, 0.2) is 11.6 Å². The number of rotatable bonds is 10. The lowest BCUT2D eigenvalue weighted by Gasteiger charge is -2.19. The van der Waals surface area contributed by atoms with Gasteiger partial charge in [0.05, 0.1) is 60.8 Å². The summed E-state index contributed by atoms with van der Waals surface area (Å²) >= 11 is 13.3. The molecule has 0 spiro atoms. The largest absolute Gasteiger partial charge is 0.495 e. The number of ether oxygens (including phenoxy) is 3. The van der Waals surface area contributed by atoms with E-state index in [0.29, 0.717) is 65.7 Å². The van der Waals surface area contributed by atoms with Crippen LogP contribution in [0.25, 0.3) is 22.3 Å². The molecule has 11 heteroatoms. The number of halogens is 2. The molecule has 5 rings (SSSR count). The van der Waals surface area contributed by atoms with Gasteiger partial charge in [0.1, 0.15) is 23.1 Å². The number of nitrogens with zero attached hydrogens (tertiary/aromatic N) is 3. The van der Waals surface area contributed by atoms with Gasteiger partial charge < -0.3 is 24.8 Å². The van der Waals surface area contributed by atoms with Crippen molar-refractivity contribution < 1.29 is 19.0 Å². The maximum Gasteiger partial charge on any atom is 0.165 e. The molecule has 2 aromatic heterocycles. The van der Waals surface area contributed by atoms with Crippen molar-refractivity contribution in [3.8, 4) is 22.9 Å². The van der Waals surface area contributed by atoms with Crippen molar-refractivity contribution in [1.82, 2.24) is 15.0 Å². The number of hydrogen-bond acceptors (Lipinski definition) is 9. The van der Waals surface area contributed by atoms with Gasteiger partial charge in [-0.3, -0.25) is 4.79 Å². The second-order valence-corrected chi connectivity index (χ2v) is 9.86. The number of anilines is 2. The Labute approximate surface area is 224 Å². The average Bonchev–Trinajstić information content (AvgIpc) is 3.62. The summed E-state index contributed by atoms with van der Waals surface area (Å²) in [5, 5.41) is 8.29. The highest BCUT2D eigenvalue weighted by Crippen LogP contribution is 2.45. The Morgan fingerprint density at radius 3 is 2.51 bits per heavy atom. The van der Waals surface area contributed by atoms with Gasteiger partial charge in [0, 0.05) is 29.8 Å². The fourth-order valence-electron chi connectivity index (χ4n) is 4.33. The molecule has 3 heterocycles. The Kier molecular flexibility index (Phi) is 7.37. The van der Waals surface area contributed by atoms with Gasteiger partial charge in [0.2, 0.25) is 0 Å². The number of ketones is 1. The average molecular weight is 544 g/mol. The Morgan fingerprint density at radius 1 is 1.14 bits per heavy atom. The molecule has 1 aliphatic carbocycles. The molecule has 1 saturated heterocycles. The number of hydrogen-bond donors (Lipinski definition) is 2. The molecule has 2 atom stereocenters. The molecule has 2 fully saturated rings. The van der Waals surface area contributed by atoms with Crippen LogP contribution in [0.4, 0.5) is 11.6 Å². The van der Waals surface area contributed by atoms with Crippen molar-refractivity contribution in [1.29, 1.82) is 0 Å². The van der Waals surface area contributed by atoms with Crippen LogP contribution in [0.2, 0.25) is 10.0 Å². The second kappa shape index (κ2) is 10.7. The normalized spacial score (nSPS) is 19.0. The maximum absolute atomic E-state index is 11.9. The van der Waals surface area contributed by atoms with Crippen LogP contribution >= 0.6 is 23.2 Å². The molecule has 1 saturated carbocycles. The van der Waals surface area contributed by atoms with Crippen LogP contribution in [0.15, 0.2) is 31.0 Å². The van der Waals surface area contributed by atoms with Gasteiger partial charge in [-0.15, -0.1) is 0 Å². The highest BCUT2D eigenvalue weighted by Gasteiger charge is 2.30. The van der Waals surface area contributed by atoms with Gasteiger partial charge >= 0.3 is 0 Å². The number of benzene rings is 1. The summed E-state index contributed by atoms with van der Waals surface area (Å²) in [7, 11) is 3.04. The molecule has 0 bridgehead atoms. The van der Waals surface area contributed by atoms with Crippen molar-refractivity contribution in [2.24, 2.45) is 5.92 Å². The fourth-order valence-corrected chi connectivity index (χ4v) is 5.00. The molecule has 3 aromatic rings.